The van der Waals surface area contributed by atoms with Crippen molar-refractivity contribution in [2.45, 2.75) is 64.5 Å². The van der Waals surface area contributed by atoms with E-state index in [4.69, 9.17) is 17.7 Å². The Hall–Kier alpha value is -3.30. The molecular weight excluding hydrogens is 465 g/mol. The maximum Gasteiger partial charge on any atom is 0.255 e. The van der Waals surface area contributed by atoms with Crippen LogP contribution in [0.5, 0.6) is 5.75 Å². The van der Waals surface area contributed by atoms with Crippen molar-refractivity contribution in [3.8, 4) is 5.75 Å². The number of rotatable bonds is 6. The van der Waals surface area contributed by atoms with Crippen LogP contribution in [0.2, 0.25) is 0 Å². The van der Waals surface area contributed by atoms with Gasteiger partial charge in [0, 0.05) is 51.0 Å². The fourth-order valence-electron chi connectivity index (χ4n) is 4.61. The van der Waals surface area contributed by atoms with E-state index in [1.54, 1.807) is 13.8 Å². The molecule has 2 aromatic carbocycles. The van der Waals surface area contributed by atoms with Gasteiger partial charge in [0.2, 0.25) is 11.8 Å². The van der Waals surface area contributed by atoms with Crippen molar-refractivity contribution >= 4 is 17.7 Å². The van der Waals surface area contributed by atoms with E-state index in [0.29, 0.717) is 4.90 Å². The molecule has 0 radical (unpaired) electrons. The minimum Gasteiger partial charge on any atom is -0.488 e. The number of fused-ring (bicyclic) bond motifs is 1. The van der Waals surface area contributed by atoms with Crippen LogP contribution in [0.1, 0.15) is 62.0 Å². The number of halogens is 1. The maximum absolute atomic E-state index is 16.0. The molecule has 0 aliphatic carbocycles. The van der Waals surface area contributed by atoms with Crippen LogP contribution < -0.4 is 10.1 Å². The average molecular weight is 502 g/mol. The van der Waals surface area contributed by atoms with Crippen molar-refractivity contribution in [1.82, 2.24) is 15.1 Å². The summed E-state index contributed by atoms with van der Waals surface area (Å²) in [4.78, 5) is 39.6. The monoisotopic (exact) mass is 501 g/mol. The van der Waals surface area contributed by atoms with Gasteiger partial charge in [0.25, 0.3) is 5.91 Å². The van der Waals surface area contributed by atoms with Gasteiger partial charge in [-0.1, -0.05) is 24.3 Å². The van der Waals surface area contributed by atoms with Crippen LogP contribution in [0, 0.1) is 5.82 Å². The van der Waals surface area contributed by atoms with Crippen LogP contribution in [-0.2, 0) is 33.9 Å². The number of nitrogens with one attached hydrogen (secondary N) is 1. The highest BCUT2D eigenvalue weighted by molar-refractivity contribution is 6.05. The van der Waals surface area contributed by atoms with Gasteiger partial charge >= 0.3 is 0 Å². The standard InChI is InChI=1S/C27H30FN3O5/c1-16-11-30(12-17(2)36-16)13-18-5-3-6-19(25(18)28)15-35-23-8-4-7-20-21(23)14-31(27(20)34)22-9-10-24(32)29-26(22)33/h3-8,16-17,22H,9-15H2,1-2H3,(H,29,32,33)/i13D2,14D2,15D2. The largest absolute Gasteiger partial charge is 0.488 e. The zero-order valence-electron chi connectivity index (χ0n) is 25.8. The highest BCUT2D eigenvalue weighted by atomic mass is 19.1. The zero-order valence-corrected chi connectivity index (χ0v) is 19.8. The first-order valence-corrected chi connectivity index (χ1v) is 11.8. The molecule has 190 valence electrons. The lowest BCUT2D eigenvalue weighted by atomic mass is 10.0. The summed E-state index contributed by atoms with van der Waals surface area (Å²) in [6.07, 6.45) is -0.795. The average Bonchev–Trinajstić information content (AvgIpc) is 3.09. The number of piperidine rings is 1. The molecule has 2 fully saturated rings. The fourth-order valence-corrected chi connectivity index (χ4v) is 4.61. The molecule has 3 unspecified atom stereocenters. The van der Waals surface area contributed by atoms with Gasteiger partial charge in [-0.25, -0.2) is 4.39 Å². The van der Waals surface area contributed by atoms with Crippen LogP contribution in [0.3, 0.4) is 0 Å². The molecule has 36 heavy (non-hydrogen) atoms. The number of amides is 3. The quantitative estimate of drug-likeness (QED) is 0.613. The fraction of sp³-hybridized carbons (Fsp3) is 0.444. The normalized spacial score (nSPS) is 29.2. The Balaban J connectivity index is 1.48. The van der Waals surface area contributed by atoms with Crippen LogP contribution in [0.15, 0.2) is 36.4 Å². The van der Waals surface area contributed by atoms with Gasteiger partial charge in [0.05, 0.1) is 24.2 Å². The topological polar surface area (TPSA) is 88.2 Å². The number of hydrogen-bond donors (Lipinski definition) is 1. The van der Waals surface area contributed by atoms with Gasteiger partial charge in [-0.3, -0.25) is 24.6 Å². The Morgan fingerprint density at radius 1 is 1.14 bits per heavy atom. The third kappa shape index (κ3) is 4.85. The summed E-state index contributed by atoms with van der Waals surface area (Å²) in [6.45, 7) is -3.95. The van der Waals surface area contributed by atoms with E-state index in [1.165, 1.54) is 35.2 Å². The Kier molecular flexibility index (Phi) is 5.00. The van der Waals surface area contributed by atoms with E-state index in [9.17, 15) is 14.4 Å². The Morgan fingerprint density at radius 3 is 2.61 bits per heavy atom. The molecule has 3 aliphatic rings. The predicted molar refractivity (Wildman–Crippen MR) is 129 cm³/mol. The van der Waals surface area contributed by atoms with Crippen molar-refractivity contribution in [1.29, 1.82) is 0 Å². The second-order valence-corrected chi connectivity index (χ2v) is 9.08. The molecule has 1 N–H and O–H groups in total. The third-order valence-electron chi connectivity index (χ3n) is 6.20. The van der Waals surface area contributed by atoms with Gasteiger partial charge in [0.15, 0.2) is 0 Å². The second kappa shape index (κ2) is 9.99. The summed E-state index contributed by atoms with van der Waals surface area (Å²) in [5.41, 5.74) is -1.53. The minimum absolute atomic E-state index is 0.0933. The first-order chi connectivity index (χ1) is 19.6. The SMILES string of the molecule is [2H]C([2H])(Oc1cccc2c1C([2H])([2H])N(C1CCC(=O)NC1=O)C2=O)c1cccc(C([2H])([2H])N2CC(C)OC(C)C2)c1F. The van der Waals surface area contributed by atoms with Gasteiger partial charge in [-0.2, -0.15) is 0 Å². The predicted octanol–water partition coefficient (Wildman–Crippen LogP) is 2.77. The highest BCUT2D eigenvalue weighted by Gasteiger charge is 2.40. The molecule has 0 saturated carbocycles. The maximum atomic E-state index is 16.0. The molecule has 9 heteroatoms. The van der Waals surface area contributed by atoms with Gasteiger partial charge in [-0.05, 0) is 32.4 Å². The summed E-state index contributed by atoms with van der Waals surface area (Å²) in [5, 5.41) is 2.11. The number of ether oxygens (including phenoxy) is 2. The Bertz CT molecular complexity index is 1450. The van der Waals surface area contributed by atoms with Crippen LogP contribution in [-0.4, -0.2) is 58.9 Å². The van der Waals surface area contributed by atoms with Crippen LogP contribution >= 0.6 is 0 Å². The molecule has 3 heterocycles. The van der Waals surface area contributed by atoms with Crippen LogP contribution in [0.25, 0.3) is 0 Å². The lowest BCUT2D eigenvalue weighted by Crippen LogP contribution is -2.52. The first kappa shape index (κ1) is 18.0. The molecule has 8 nitrogen and oxygen atoms in total. The van der Waals surface area contributed by atoms with Crippen molar-refractivity contribution in [3.63, 3.8) is 0 Å². The van der Waals surface area contributed by atoms with Crippen molar-refractivity contribution in [2.75, 3.05) is 13.1 Å². The molecule has 5 rings (SSSR count). The molecular formula is C27H30FN3O5. The van der Waals surface area contributed by atoms with E-state index in [-0.39, 0.29) is 49.3 Å². The number of nitrogens with zero attached hydrogens (tertiary/aromatic N) is 2. The first-order valence-electron chi connectivity index (χ1n) is 14.8. The van der Waals surface area contributed by atoms with Crippen molar-refractivity contribution < 1.29 is 36.5 Å². The van der Waals surface area contributed by atoms with E-state index in [2.05, 4.69) is 5.32 Å². The highest BCUT2D eigenvalue weighted by Crippen LogP contribution is 2.34. The summed E-state index contributed by atoms with van der Waals surface area (Å²) in [5.74, 6) is -3.77. The second-order valence-electron chi connectivity index (χ2n) is 9.08. The van der Waals surface area contributed by atoms with Crippen LogP contribution in [0.4, 0.5) is 4.39 Å². The molecule has 3 atom stereocenters. The van der Waals surface area contributed by atoms with E-state index < -0.39 is 66.0 Å². The number of benzene rings is 2. The molecule has 0 spiro atoms. The number of hydrogen-bond acceptors (Lipinski definition) is 6. The van der Waals surface area contributed by atoms with Gasteiger partial charge in [0.1, 0.15) is 24.2 Å². The van der Waals surface area contributed by atoms with Crippen molar-refractivity contribution in [2.24, 2.45) is 0 Å². The summed E-state index contributed by atoms with van der Waals surface area (Å²) in [6, 6.07) is 6.25. The molecule has 2 aromatic rings. The molecule has 0 aromatic heterocycles. The lowest BCUT2D eigenvalue weighted by Gasteiger charge is -2.35. The van der Waals surface area contributed by atoms with E-state index in [0.717, 1.165) is 6.07 Å². The summed E-state index contributed by atoms with van der Waals surface area (Å²) < 4.78 is 79.4. The molecule has 0 bridgehead atoms. The molecule has 3 amide bonds. The number of imide groups is 1. The number of morpholine rings is 1. The number of carbonyl (C=O) groups excluding carboxylic acids is 3. The van der Waals surface area contributed by atoms with E-state index in [1.807, 2.05) is 0 Å². The van der Waals surface area contributed by atoms with E-state index >= 15 is 4.39 Å². The zero-order chi connectivity index (χ0) is 30.8. The summed E-state index contributed by atoms with van der Waals surface area (Å²) in [7, 11) is 0. The number of carbonyl (C=O) groups is 3. The van der Waals surface area contributed by atoms with Gasteiger partial charge in [-0.15, -0.1) is 0 Å². The molecule has 3 aliphatic heterocycles. The Labute approximate surface area is 217 Å². The Morgan fingerprint density at radius 2 is 1.86 bits per heavy atom. The lowest BCUT2D eigenvalue weighted by molar-refractivity contribution is -0.136. The van der Waals surface area contributed by atoms with Crippen molar-refractivity contribution in [3.05, 3.63) is 64.5 Å². The third-order valence-corrected chi connectivity index (χ3v) is 6.20. The minimum atomic E-state index is -2.93. The summed E-state index contributed by atoms with van der Waals surface area (Å²) >= 11 is 0. The smallest absolute Gasteiger partial charge is 0.255 e. The molecule has 2 saturated heterocycles. The van der Waals surface area contributed by atoms with Gasteiger partial charge < -0.3 is 14.4 Å².